The summed E-state index contributed by atoms with van der Waals surface area (Å²) in [7, 11) is 1.45. The van der Waals surface area contributed by atoms with Crippen LogP contribution in [-0.2, 0) is 0 Å². The summed E-state index contributed by atoms with van der Waals surface area (Å²) in [5, 5.41) is 0. The minimum atomic E-state index is -0.376. The Kier molecular flexibility index (Phi) is 3.86. The maximum Gasteiger partial charge on any atom is 0.165 e. The van der Waals surface area contributed by atoms with E-state index in [1.54, 1.807) is 12.1 Å². The minimum absolute atomic E-state index is 0.221. The van der Waals surface area contributed by atoms with Gasteiger partial charge in [-0.25, -0.2) is 4.39 Å². The van der Waals surface area contributed by atoms with Crippen molar-refractivity contribution in [3.05, 3.63) is 64.5 Å². The molecule has 0 aliphatic rings. The molecule has 2 rings (SSSR count). The minimum Gasteiger partial charge on any atom is -0.494 e. The number of halogens is 1. The zero-order chi connectivity index (χ0) is 14.0. The first kappa shape index (κ1) is 13.6. The van der Waals surface area contributed by atoms with Crippen LogP contribution in [0.4, 0.5) is 4.39 Å². The highest BCUT2D eigenvalue weighted by Crippen LogP contribution is 2.27. The molecule has 2 aromatic carbocycles. The molecule has 0 spiro atoms. The number of hydrogen-bond acceptors (Lipinski definition) is 2. The molecule has 2 nitrogen and oxygen atoms in total. The van der Waals surface area contributed by atoms with Crippen molar-refractivity contribution in [2.45, 2.75) is 19.9 Å². The van der Waals surface area contributed by atoms with Crippen LogP contribution < -0.4 is 10.5 Å². The van der Waals surface area contributed by atoms with Crippen molar-refractivity contribution in [3.8, 4) is 5.75 Å². The van der Waals surface area contributed by atoms with Gasteiger partial charge in [0, 0.05) is 0 Å². The fourth-order valence-electron chi connectivity index (χ4n) is 2.14. The molecule has 2 aromatic rings. The SMILES string of the molecule is COc1cc(C(N)c2cc(C)ccc2C)ccc1F. The first-order chi connectivity index (χ1) is 9.02. The van der Waals surface area contributed by atoms with Crippen LogP contribution in [0.5, 0.6) is 5.75 Å². The summed E-state index contributed by atoms with van der Waals surface area (Å²) < 4.78 is 18.4. The van der Waals surface area contributed by atoms with Gasteiger partial charge < -0.3 is 10.5 Å². The topological polar surface area (TPSA) is 35.2 Å². The molecule has 2 N–H and O–H groups in total. The molecule has 0 heterocycles. The van der Waals surface area contributed by atoms with Crippen LogP contribution in [0.25, 0.3) is 0 Å². The number of aryl methyl sites for hydroxylation is 2. The molecule has 0 saturated carbocycles. The quantitative estimate of drug-likeness (QED) is 0.915. The van der Waals surface area contributed by atoms with Crippen molar-refractivity contribution >= 4 is 0 Å². The molecular formula is C16H18FNO. The summed E-state index contributed by atoms with van der Waals surface area (Å²) >= 11 is 0. The Bertz CT molecular complexity index is 595. The van der Waals surface area contributed by atoms with Gasteiger partial charge in [-0.15, -0.1) is 0 Å². The molecule has 0 bridgehead atoms. The third kappa shape index (κ3) is 2.76. The third-order valence-corrected chi connectivity index (χ3v) is 3.30. The lowest BCUT2D eigenvalue weighted by Gasteiger charge is -2.17. The predicted octanol–water partition coefficient (Wildman–Crippen LogP) is 3.50. The Morgan fingerprint density at radius 3 is 2.53 bits per heavy atom. The second-order valence-corrected chi connectivity index (χ2v) is 4.73. The van der Waals surface area contributed by atoms with E-state index in [1.807, 2.05) is 19.9 Å². The Morgan fingerprint density at radius 2 is 1.84 bits per heavy atom. The summed E-state index contributed by atoms with van der Waals surface area (Å²) in [6.45, 7) is 4.05. The molecular weight excluding hydrogens is 241 g/mol. The highest BCUT2D eigenvalue weighted by atomic mass is 19.1. The maximum atomic E-state index is 13.4. The summed E-state index contributed by atoms with van der Waals surface area (Å²) in [5.74, 6) is -0.155. The lowest BCUT2D eigenvalue weighted by Crippen LogP contribution is -2.13. The summed E-state index contributed by atoms with van der Waals surface area (Å²) in [4.78, 5) is 0. The first-order valence-electron chi connectivity index (χ1n) is 6.19. The average Bonchev–Trinajstić information content (AvgIpc) is 2.41. The molecule has 0 aliphatic heterocycles. The fourth-order valence-corrected chi connectivity index (χ4v) is 2.14. The van der Waals surface area contributed by atoms with Crippen molar-refractivity contribution in [3.63, 3.8) is 0 Å². The van der Waals surface area contributed by atoms with E-state index in [2.05, 4.69) is 12.1 Å². The normalized spacial score (nSPS) is 12.3. The molecule has 1 unspecified atom stereocenters. The van der Waals surface area contributed by atoms with Crippen molar-refractivity contribution in [2.75, 3.05) is 7.11 Å². The van der Waals surface area contributed by atoms with Gasteiger partial charge in [0.2, 0.25) is 0 Å². The zero-order valence-electron chi connectivity index (χ0n) is 11.4. The molecule has 1 atom stereocenters. The van der Waals surface area contributed by atoms with E-state index in [0.29, 0.717) is 0 Å². The Hall–Kier alpha value is -1.87. The standard InChI is InChI=1S/C16H18FNO/c1-10-4-5-11(2)13(8-10)16(18)12-6-7-14(17)15(9-12)19-3/h4-9,16H,18H2,1-3H3. The van der Waals surface area contributed by atoms with Crippen LogP contribution in [0.3, 0.4) is 0 Å². The van der Waals surface area contributed by atoms with Crippen LogP contribution in [-0.4, -0.2) is 7.11 Å². The van der Waals surface area contributed by atoms with Gasteiger partial charge in [-0.2, -0.15) is 0 Å². The zero-order valence-corrected chi connectivity index (χ0v) is 11.4. The largest absolute Gasteiger partial charge is 0.494 e. The lowest BCUT2D eigenvalue weighted by molar-refractivity contribution is 0.385. The monoisotopic (exact) mass is 259 g/mol. The third-order valence-electron chi connectivity index (χ3n) is 3.30. The Labute approximate surface area is 113 Å². The van der Waals surface area contributed by atoms with Gasteiger partial charge in [-0.1, -0.05) is 29.8 Å². The highest BCUT2D eigenvalue weighted by Gasteiger charge is 2.14. The van der Waals surface area contributed by atoms with E-state index in [-0.39, 0.29) is 17.6 Å². The summed E-state index contributed by atoms with van der Waals surface area (Å²) in [6, 6.07) is 10.6. The van der Waals surface area contributed by atoms with Crippen molar-refractivity contribution in [2.24, 2.45) is 5.73 Å². The predicted molar refractivity (Wildman–Crippen MR) is 74.9 cm³/mol. The van der Waals surface area contributed by atoms with Crippen LogP contribution in [0.15, 0.2) is 36.4 Å². The van der Waals surface area contributed by atoms with E-state index >= 15 is 0 Å². The molecule has 0 aromatic heterocycles. The number of hydrogen-bond donors (Lipinski definition) is 1. The van der Waals surface area contributed by atoms with Gasteiger partial charge in [0.25, 0.3) is 0 Å². The molecule has 0 aliphatic carbocycles. The van der Waals surface area contributed by atoms with Crippen LogP contribution in [0.2, 0.25) is 0 Å². The second-order valence-electron chi connectivity index (χ2n) is 4.73. The van der Waals surface area contributed by atoms with Gasteiger partial charge in [-0.05, 0) is 42.7 Å². The van der Waals surface area contributed by atoms with Gasteiger partial charge >= 0.3 is 0 Å². The average molecular weight is 259 g/mol. The van der Waals surface area contributed by atoms with Crippen LogP contribution >= 0.6 is 0 Å². The number of ether oxygens (including phenoxy) is 1. The van der Waals surface area contributed by atoms with Gasteiger partial charge in [-0.3, -0.25) is 0 Å². The first-order valence-corrected chi connectivity index (χ1v) is 6.19. The van der Waals surface area contributed by atoms with Gasteiger partial charge in [0.1, 0.15) is 0 Å². The van der Waals surface area contributed by atoms with E-state index in [4.69, 9.17) is 10.5 Å². The van der Waals surface area contributed by atoms with Gasteiger partial charge in [0.15, 0.2) is 11.6 Å². The van der Waals surface area contributed by atoms with Crippen molar-refractivity contribution < 1.29 is 9.13 Å². The maximum absolute atomic E-state index is 13.4. The van der Waals surface area contributed by atoms with E-state index in [9.17, 15) is 4.39 Å². The fraction of sp³-hybridized carbons (Fsp3) is 0.250. The van der Waals surface area contributed by atoms with E-state index in [1.165, 1.54) is 13.2 Å². The van der Waals surface area contributed by atoms with Crippen LogP contribution in [0, 0.1) is 19.7 Å². The highest BCUT2D eigenvalue weighted by molar-refractivity contribution is 5.41. The number of methoxy groups -OCH3 is 1. The Morgan fingerprint density at radius 1 is 1.11 bits per heavy atom. The number of nitrogens with two attached hydrogens (primary N) is 1. The second kappa shape index (κ2) is 5.41. The van der Waals surface area contributed by atoms with E-state index < -0.39 is 0 Å². The smallest absolute Gasteiger partial charge is 0.165 e. The number of benzene rings is 2. The molecule has 0 fully saturated rings. The molecule has 0 amide bonds. The van der Waals surface area contributed by atoms with Crippen LogP contribution in [0.1, 0.15) is 28.3 Å². The summed E-state index contributed by atoms with van der Waals surface area (Å²) in [5.41, 5.74) is 10.5. The Balaban J connectivity index is 2.43. The van der Waals surface area contributed by atoms with E-state index in [0.717, 1.165) is 22.3 Å². The summed E-state index contributed by atoms with van der Waals surface area (Å²) in [6.07, 6.45) is 0. The molecule has 0 saturated heterocycles. The lowest BCUT2D eigenvalue weighted by atomic mass is 9.94. The number of rotatable bonds is 3. The molecule has 3 heteroatoms. The molecule has 19 heavy (non-hydrogen) atoms. The van der Waals surface area contributed by atoms with Crippen molar-refractivity contribution in [1.29, 1.82) is 0 Å². The van der Waals surface area contributed by atoms with Gasteiger partial charge in [0.05, 0.1) is 13.2 Å². The van der Waals surface area contributed by atoms with Crippen molar-refractivity contribution in [1.82, 2.24) is 0 Å². The molecule has 100 valence electrons. The molecule has 0 radical (unpaired) electrons.